The van der Waals surface area contributed by atoms with Gasteiger partial charge in [0.25, 0.3) is 5.91 Å². The van der Waals surface area contributed by atoms with E-state index in [9.17, 15) is 4.79 Å². The number of nitrogens with zero attached hydrogens (tertiary/aromatic N) is 4. The molecule has 2 aliphatic rings. The number of aryl methyl sites for hydroxylation is 1. The number of aromatic nitrogens is 3. The third kappa shape index (κ3) is 2.87. The number of carbonyl (C=O) groups excluding carboxylic acids is 1. The Hall–Kier alpha value is -2.04. The largest absolute Gasteiger partial charge is 0.347 e. The van der Waals surface area contributed by atoms with E-state index >= 15 is 0 Å². The summed E-state index contributed by atoms with van der Waals surface area (Å²) >= 11 is 0. The molecule has 0 N–H and O–H groups in total. The molecule has 0 unspecified atom stereocenters. The van der Waals surface area contributed by atoms with E-state index in [-0.39, 0.29) is 5.91 Å². The highest BCUT2D eigenvalue weighted by atomic mass is 16.2. The maximum atomic E-state index is 12.8. The van der Waals surface area contributed by atoms with Crippen molar-refractivity contribution in [2.75, 3.05) is 13.1 Å². The highest BCUT2D eigenvalue weighted by Gasteiger charge is 2.29. The molecule has 4 rings (SSSR count). The van der Waals surface area contributed by atoms with Crippen LogP contribution >= 0.6 is 0 Å². The van der Waals surface area contributed by atoms with Gasteiger partial charge in [0.2, 0.25) is 0 Å². The Morgan fingerprint density at radius 2 is 2.12 bits per heavy atom. The molecule has 0 spiro atoms. The molecule has 0 radical (unpaired) electrons. The molecule has 2 fully saturated rings. The van der Waals surface area contributed by atoms with E-state index in [2.05, 4.69) is 15.7 Å². The number of amides is 1. The number of piperidine rings is 1. The zero-order valence-corrected chi connectivity index (χ0v) is 14.4. The van der Waals surface area contributed by atoms with E-state index in [1.807, 2.05) is 41.0 Å². The van der Waals surface area contributed by atoms with Gasteiger partial charge >= 0.3 is 0 Å². The summed E-state index contributed by atoms with van der Waals surface area (Å²) in [7, 11) is 1.93. The van der Waals surface area contributed by atoms with Crippen molar-refractivity contribution < 1.29 is 4.79 Å². The molecule has 5 nitrogen and oxygen atoms in total. The average molecular weight is 326 g/mol. The van der Waals surface area contributed by atoms with Gasteiger partial charge in [-0.2, -0.15) is 0 Å². The molecular formula is C19H26N4O. The minimum atomic E-state index is 0.143. The van der Waals surface area contributed by atoms with Crippen LogP contribution in [-0.4, -0.2) is 38.0 Å². The van der Waals surface area contributed by atoms with E-state index in [0.29, 0.717) is 5.92 Å². The average Bonchev–Trinajstić information content (AvgIpc) is 3.19. The van der Waals surface area contributed by atoms with E-state index in [0.717, 1.165) is 44.1 Å². The first-order valence-corrected chi connectivity index (χ1v) is 9.14. The summed E-state index contributed by atoms with van der Waals surface area (Å²) in [5, 5.41) is 0. The van der Waals surface area contributed by atoms with E-state index in [4.69, 9.17) is 0 Å². The first-order valence-electron chi connectivity index (χ1n) is 9.14. The molecule has 24 heavy (non-hydrogen) atoms. The zero-order valence-electron chi connectivity index (χ0n) is 14.4. The minimum Gasteiger partial charge on any atom is -0.347 e. The van der Waals surface area contributed by atoms with Gasteiger partial charge in [0, 0.05) is 51.2 Å². The minimum absolute atomic E-state index is 0.143. The Bertz CT molecular complexity index is 713. The second-order valence-corrected chi connectivity index (χ2v) is 7.33. The monoisotopic (exact) mass is 326 g/mol. The van der Waals surface area contributed by atoms with Crippen LogP contribution in [0.4, 0.5) is 0 Å². The highest BCUT2D eigenvalue weighted by Crippen LogP contribution is 2.31. The van der Waals surface area contributed by atoms with Crippen LogP contribution in [0.3, 0.4) is 0 Å². The number of rotatable bonds is 4. The van der Waals surface area contributed by atoms with E-state index in [1.54, 1.807) is 0 Å². The van der Waals surface area contributed by atoms with Crippen molar-refractivity contribution in [1.29, 1.82) is 0 Å². The molecule has 1 atom stereocenters. The molecule has 2 aromatic rings. The Morgan fingerprint density at radius 1 is 1.25 bits per heavy atom. The fourth-order valence-electron chi connectivity index (χ4n) is 4.01. The van der Waals surface area contributed by atoms with Gasteiger partial charge in [0.05, 0.1) is 0 Å². The predicted molar refractivity (Wildman–Crippen MR) is 92.9 cm³/mol. The van der Waals surface area contributed by atoms with Crippen LogP contribution in [0.5, 0.6) is 0 Å². The fraction of sp³-hybridized carbons (Fsp3) is 0.579. The van der Waals surface area contributed by atoms with Gasteiger partial charge in [-0.1, -0.05) is 6.42 Å². The third-order valence-electron chi connectivity index (χ3n) is 5.66. The van der Waals surface area contributed by atoms with Gasteiger partial charge in [0.1, 0.15) is 11.5 Å². The van der Waals surface area contributed by atoms with Crippen molar-refractivity contribution >= 4 is 5.91 Å². The van der Waals surface area contributed by atoms with Gasteiger partial charge in [-0.25, -0.2) is 4.98 Å². The lowest BCUT2D eigenvalue weighted by molar-refractivity contribution is 0.0693. The molecule has 3 heterocycles. The molecule has 128 valence electrons. The summed E-state index contributed by atoms with van der Waals surface area (Å²) in [5.41, 5.74) is 0.772. The number of likely N-dealkylation sites (tertiary alicyclic amines) is 1. The SMILES string of the molecule is Cn1cccc1C(=O)N1CCC[C@@H](c2nccn2CC2CCC2)C1. The van der Waals surface area contributed by atoms with Gasteiger partial charge in [-0.15, -0.1) is 0 Å². The Labute approximate surface area is 143 Å². The number of hydrogen-bond donors (Lipinski definition) is 0. The van der Waals surface area contributed by atoms with Crippen LogP contribution in [-0.2, 0) is 13.6 Å². The van der Waals surface area contributed by atoms with Crippen molar-refractivity contribution in [3.8, 4) is 0 Å². The first-order chi connectivity index (χ1) is 11.7. The molecule has 1 saturated heterocycles. The Balaban J connectivity index is 1.48. The lowest BCUT2D eigenvalue weighted by atomic mass is 9.85. The van der Waals surface area contributed by atoms with Gasteiger partial charge in [-0.05, 0) is 43.7 Å². The van der Waals surface area contributed by atoms with Crippen molar-refractivity contribution in [3.63, 3.8) is 0 Å². The lowest BCUT2D eigenvalue weighted by Crippen LogP contribution is -2.40. The predicted octanol–water partition coefficient (Wildman–Crippen LogP) is 3.04. The summed E-state index contributed by atoms with van der Waals surface area (Å²) in [5.74, 6) is 2.50. The summed E-state index contributed by atoms with van der Waals surface area (Å²) in [6.45, 7) is 2.73. The van der Waals surface area contributed by atoms with Crippen LogP contribution in [0.2, 0.25) is 0 Å². The van der Waals surface area contributed by atoms with Crippen LogP contribution in [0, 0.1) is 5.92 Å². The summed E-state index contributed by atoms with van der Waals surface area (Å²) in [6.07, 6.45) is 12.2. The molecule has 1 saturated carbocycles. The molecule has 1 aliphatic heterocycles. The molecule has 5 heteroatoms. The standard InChI is InChI=1S/C19H26N4O/c1-21-10-4-8-17(21)19(24)23-11-3-7-16(14-23)18-20-9-12-22(18)13-15-5-2-6-15/h4,8-10,12,15-16H,2-3,5-7,11,13-14H2,1H3/t16-/m1/s1. The Morgan fingerprint density at radius 3 is 2.83 bits per heavy atom. The van der Waals surface area contributed by atoms with Gasteiger partial charge in [-0.3, -0.25) is 4.79 Å². The summed E-state index contributed by atoms with van der Waals surface area (Å²) in [6, 6.07) is 3.84. The fourth-order valence-corrected chi connectivity index (χ4v) is 4.01. The summed E-state index contributed by atoms with van der Waals surface area (Å²) in [4.78, 5) is 19.4. The van der Waals surface area contributed by atoms with Crippen LogP contribution in [0.25, 0.3) is 0 Å². The molecule has 0 bridgehead atoms. The Kier molecular flexibility index (Phi) is 4.17. The normalized spacial score (nSPS) is 21.7. The van der Waals surface area contributed by atoms with Crippen molar-refractivity contribution in [2.45, 2.75) is 44.6 Å². The molecule has 1 amide bonds. The number of imidazole rings is 1. The number of hydrogen-bond acceptors (Lipinski definition) is 2. The van der Waals surface area contributed by atoms with Crippen LogP contribution in [0.1, 0.15) is 54.3 Å². The second-order valence-electron chi connectivity index (χ2n) is 7.33. The molecule has 1 aliphatic carbocycles. The van der Waals surface area contributed by atoms with E-state index < -0.39 is 0 Å². The van der Waals surface area contributed by atoms with E-state index in [1.165, 1.54) is 25.1 Å². The quantitative estimate of drug-likeness (QED) is 0.867. The second kappa shape index (κ2) is 6.46. The first kappa shape index (κ1) is 15.5. The molecule has 0 aromatic carbocycles. The highest BCUT2D eigenvalue weighted by molar-refractivity contribution is 5.92. The van der Waals surface area contributed by atoms with Crippen LogP contribution < -0.4 is 0 Å². The third-order valence-corrected chi connectivity index (χ3v) is 5.66. The maximum absolute atomic E-state index is 12.8. The zero-order chi connectivity index (χ0) is 16.5. The van der Waals surface area contributed by atoms with Crippen molar-refractivity contribution in [2.24, 2.45) is 13.0 Å². The summed E-state index contributed by atoms with van der Waals surface area (Å²) < 4.78 is 4.24. The molecular weight excluding hydrogens is 300 g/mol. The van der Waals surface area contributed by atoms with Crippen LogP contribution in [0.15, 0.2) is 30.7 Å². The topological polar surface area (TPSA) is 43.1 Å². The number of carbonyl (C=O) groups is 1. The lowest BCUT2D eigenvalue weighted by Gasteiger charge is -2.33. The maximum Gasteiger partial charge on any atom is 0.270 e. The van der Waals surface area contributed by atoms with Crippen molar-refractivity contribution in [3.05, 3.63) is 42.2 Å². The van der Waals surface area contributed by atoms with Crippen molar-refractivity contribution in [1.82, 2.24) is 19.0 Å². The van der Waals surface area contributed by atoms with Gasteiger partial charge in [0.15, 0.2) is 0 Å². The smallest absolute Gasteiger partial charge is 0.270 e. The van der Waals surface area contributed by atoms with Gasteiger partial charge < -0.3 is 14.0 Å². The molecule has 2 aromatic heterocycles.